The normalized spacial score (nSPS) is 10.4. The van der Waals surface area contributed by atoms with Crippen LogP contribution in [-0.2, 0) is 11.2 Å². The van der Waals surface area contributed by atoms with Gasteiger partial charge in [-0.05, 0) is 28.5 Å². The van der Waals surface area contributed by atoms with Gasteiger partial charge in [-0.3, -0.25) is 4.79 Å². The summed E-state index contributed by atoms with van der Waals surface area (Å²) in [7, 11) is 1.64. The third-order valence-electron chi connectivity index (χ3n) is 2.96. The Morgan fingerprint density at radius 2 is 2.16 bits per heavy atom. The number of amides is 1. The lowest BCUT2D eigenvalue weighted by Crippen LogP contribution is -2.26. The van der Waals surface area contributed by atoms with E-state index in [2.05, 4.69) is 17.9 Å². The lowest BCUT2D eigenvalue weighted by Gasteiger charge is -2.08. The van der Waals surface area contributed by atoms with Gasteiger partial charge in [-0.15, -0.1) is 0 Å². The number of carbonyl (C=O) groups is 1. The lowest BCUT2D eigenvalue weighted by molar-refractivity contribution is -0.120. The molecule has 3 nitrogen and oxygen atoms in total. The third-order valence-corrected chi connectivity index (χ3v) is 3.19. The van der Waals surface area contributed by atoms with E-state index in [1.165, 1.54) is 0 Å². The van der Waals surface area contributed by atoms with Gasteiger partial charge < -0.3 is 10.1 Å². The first-order valence-electron chi connectivity index (χ1n) is 6.18. The van der Waals surface area contributed by atoms with Gasteiger partial charge in [0.15, 0.2) is 0 Å². The zero-order valence-corrected chi connectivity index (χ0v) is 11.7. The van der Waals surface area contributed by atoms with E-state index >= 15 is 0 Å². The maximum Gasteiger partial charge on any atom is 0.224 e. The largest absolute Gasteiger partial charge is 0.497 e. The fraction of sp³-hybridized carbons (Fsp3) is 0.267. The van der Waals surface area contributed by atoms with E-state index < -0.39 is 0 Å². The van der Waals surface area contributed by atoms with Gasteiger partial charge in [0.05, 0.1) is 13.5 Å². The van der Waals surface area contributed by atoms with Crippen LogP contribution in [0.1, 0.15) is 5.56 Å². The van der Waals surface area contributed by atoms with Crippen LogP contribution in [-0.4, -0.2) is 25.3 Å². The van der Waals surface area contributed by atoms with E-state index in [1.807, 2.05) is 36.4 Å². The molecule has 0 radical (unpaired) electrons. The number of ether oxygens (including phenoxy) is 1. The predicted molar refractivity (Wildman–Crippen MR) is 81.1 cm³/mol. The van der Waals surface area contributed by atoms with Crippen LogP contribution in [0.5, 0.6) is 5.75 Å². The molecule has 19 heavy (non-hydrogen) atoms. The summed E-state index contributed by atoms with van der Waals surface area (Å²) in [6.45, 7) is 0.593. The van der Waals surface area contributed by atoms with Gasteiger partial charge in [0, 0.05) is 12.3 Å². The molecule has 0 heterocycles. The molecule has 0 fully saturated rings. The number of fused-ring (bicyclic) bond motifs is 1. The molecule has 1 N–H and O–H groups in total. The second kappa shape index (κ2) is 6.48. The highest BCUT2D eigenvalue weighted by Crippen LogP contribution is 2.24. The van der Waals surface area contributed by atoms with Crippen LogP contribution in [0.15, 0.2) is 36.4 Å². The Morgan fingerprint density at radius 3 is 2.89 bits per heavy atom. The Hall–Kier alpha value is -1.68. The summed E-state index contributed by atoms with van der Waals surface area (Å²) in [6, 6.07) is 11.9. The van der Waals surface area contributed by atoms with Crippen molar-refractivity contribution in [3.05, 3.63) is 42.0 Å². The highest BCUT2D eigenvalue weighted by Gasteiger charge is 2.07. The lowest BCUT2D eigenvalue weighted by atomic mass is 10.0. The minimum atomic E-state index is 0.0179. The molecular formula is C15H17NO2S. The molecule has 0 saturated heterocycles. The fourth-order valence-electron chi connectivity index (χ4n) is 2.03. The molecule has 4 heteroatoms. The predicted octanol–water partition coefficient (Wildman–Crippen LogP) is 2.44. The van der Waals surface area contributed by atoms with Crippen LogP contribution in [0.25, 0.3) is 10.8 Å². The van der Waals surface area contributed by atoms with Crippen LogP contribution in [0, 0.1) is 0 Å². The fourth-order valence-corrected chi connectivity index (χ4v) is 2.14. The highest BCUT2D eigenvalue weighted by atomic mass is 32.1. The molecular weight excluding hydrogens is 258 g/mol. The zero-order valence-electron chi connectivity index (χ0n) is 10.8. The summed E-state index contributed by atoms with van der Waals surface area (Å²) in [5.41, 5.74) is 1.01. The second-order valence-corrected chi connectivity index (χ2v) is 4.70. The van der Waals surface area contributed by atoms with E-state index in [0.717, 1.165) is 22.1 Å². The molecule has 0 spiro atoms. The average molecular weight is 275 g/mol. The molecule has 2 aromatic carbocycles. The molecule has 0 aliphatic heterocycles. The molecule has 1 amide bonds. The van der Waals surface area contributed by atoms with Crippen LogP contribution >= 0.6 is 12.6 Å². The van der Waals surface area contributed by atoms with Crippen LogP contribution < -0.4 is 10.1 Å². The minimum absolute atomic E-state index is 0.0179. The Kier molecular flexibility index (Phi) is 4.68. The number of carbonyl (C=O) groups excluding carboxylic acids is 1. The first kappa shape index (κ1) is 13.7. The van der Waals surface area contributed by atoms with Gasteiger partial charge in [0.25, 0.3) is 0 Å². The van der Waals surface area contributed by atoms with Gasteiger partial charge in [0.2, 0.25) is 5.91 Å². The topological polar surface area (TPSA) is 38.3 Å². The van der Waals surface area contributed by atoms with E-state index in [0.29, 0.717) is 18.7 Å². The summed E-state index contributed by atoms with van der Waals surface area (Å²) in [5, 5.41) is 5.00. The van der Waals surface area contributed by atoms with Crippen molar-refractivity contribution >= 4 is 29.3 Å². The van der Waals surface area contributed by atoms with E-state index in [9.17, 15) is 4.79 Å². The average Bonchev–Trinajstić information content (AvgIpc) is 2.45. The van der Waals surface area contributed by atoms with Crippen molar-refractivity contribution in [3.8, 4) is 5.75 Å². The molecule has 0 unspecified atom stereocenters. The second-order valence-electron chi connectivity index (χ2n) is 4.25. The Morgan fingerprint density at radius 1 is 1.32 bits per heavy atom. The molecule has 0 atom stereocenters. The minimum Gasteiger partial charge on any atom is -0.497 e. The molecule has 2 aromatic rings. The maximum absolute atomic E-state index is 11.8. The molecule has 100 valence electrons. The molecule has 0 aliphatic carbocycles. The molecule has 0 aliphatic rings. The van der Waals surface area contributed by atoms with E-state index in [1.54, 1.807) is 7.11 Å². The summed E-state index contributed by atoms with van der Waals surface area (Å²) in [6.07, 6.45) is 0.373. The standard InChI is InChI=1S/C15H17NO2S/c1-18-13-6-5-11-3-2-4-12(14(11)10-13)9-15(17)16-7-8-19/h2-6,10,19H,7-9H2,1H3,(H,16,17). The van der Waals surface area contributed by atoms with Gasteiger partial charge in [-0.2, -0.15) is 12.6 Å². The van der Waals surface area contributed by atoms with Crippen molar-refractivity contribution < 1.29 is 9.53 Å². The number of nitrogens with one attached hydrogen (secondary N) is 1. The number of hydrogen-bond acceptors (Lipinski definition) is 3. The van der Waals surface area contributed by atoms with Crippen LogP contribution in [0.2, 0.25) is 0 Å². The smallest absolute Gasteiger partial charge is 0.224 e. The third kappa shape index (κ3) is 3.41. The van der Waals surface area contributed by atoms with Crippen molar-refractivity contribution in [1.29, 1.82) is 0 Å². The first-order valence-corrected chi connectivity index (χ1v) is 6.81. The number of methoxy groups -OCH3 is 1. The molecule has 0 bridgehead atoms. The van der Waals surface area contributed by atoms with Crippen molar-refractivity contribution in [1.82, 2.24) is 5.32 Å². The summed E-state index contributed by atoms with van der Waals surface area (Å²) in [5.74, 6) is 1.47. The molecule has 0 saturated carbocycles. The van der Waals surface area contributed by atoms with Crippen molar-refractivity contribution in [2.24, 2.45) is 0 Å². The van der Waals surface area contributed by atoms with Crippen molar-refractivity contribution in [3.63, 3.8) is 0 Å². The Labute approximate surface area is 118 Å². The van der Waals surface area contributed by atoms with Crippen LogP contribution in [0.3, 0.4) is 0 Å². The van der Waals surface area contributed by atoms with Gasteiger partial charge in [-0.25, -0.2) is 0 Å². The monoisotopic (exact) mass is 275 g/mol. The molecule has 2 rings (SSSR count). The van der Waals surface area contributed by atoms with Crippen molar-refractivity contribution in [2.75, 3.05) is 19.4 Å². The van der Waals surface area contributed by atoms with Crippen LogP contribution in [0.4, 0.5) is 0 Å². The SMILES string of the molecule is COc1ccc2cccc(CC(=O)NCCS)c2c1. The quantitative estimate of drug-likeness (QED) is 0.823. The highest BCUT2D eigenvalue weighted by molar-refractivity contribution is 7.80. The number of thiol groups is 1. The van der Waals surface area contributed by atoms with Crippen molar-refractivity contribution in [2.45, 2.75) is 6.42 Å². The zero-order chi connectivity index (χ0) is 13.7. The Bertz CT molecular complexity index is 583. The summed E-state index contributed by atoms with van der Waals surface area (Å²) < 4.78 is 5.24. The first-order chi connectivity index (χ1) is 9.24. The number of rotatable bonds is 5. The number of benzene rings is 2. The van der Waals surface area contributed by atoms with Gasteiger partial charge in [-0.1, -0.05) is 24.3 Å². The van der Waals surface area contributed by atoms with Gasteiger partial charge in [0.1, 0.15) is 5.75 Å². The van der Waals surface area contributed by atoms with E-state index in [-0.39, 0.29) is 5.91 Å². The maximum atomic E-state index is 11.8. The molecule has 0 aromatic heterocycles. The number of hydrogen-bond donors (Lipinski definition) is 2. The Balaban J connectivity index is 2.29. The van der Waals surface area contributed by atoms with E-state index in [4.69, 9.17) is 4.74 Å². The van der Waals surface area contributed by atoms with Gasteiger partial charge >= 0.3 is 0 Å². The summed E-state index contributed by atoms with van der Waals surface area (Å²) >= 11 is 4.08. The summed E-state index contributed by atoms with van der Waals surface area (Å²) in [4.78, 5) is 11.8.